The quantitative estimate of drug-likeness (QED) is 0.843. The van der Waals surface area contributed by atoms with Crippen LogP contribution in [0.1, 0.15) is 16.8 Å². The normalized spacial score (nSPS) is 19.2. The highest BCUT2D eigenvalue weighted by molar-refractivity contribution is 8.00. The predicted octanol–water partition coefficient (Wildman–Crippen LogP) is 2.17. The molecule has 1 saturated heterocycles. The highest BCUT2D eigenvalue weighted by Gasteiger charge is 2.38. The molecule has 8 heteroatoms. The van der Waals surface area contributed by atoms with Crippen LogP contribution in [0.15, 0.2) is 35.5 Å². The number of sulfonamides is 1. The largest absolute Gasteiger partial charge is 0.497 e. The molecule has 0 N–H and O–H groups in total. The number of imidazole rings is 1. The summed E-state index contributed by atoms with van der Waals surface area (Å²) in [5.74, 6) is 2.20. The van der Waals surface area contributed by atoms with Crippen molar-refractivity contribution in [1.29, 1.82) is 0 Å². The Bertz CT molecular complexity index is 780. The number of hydrogen-bond acceptors (Lipinski definition) is 5. The number of hydrogen-bond donors (Lipinski definition) is 0. The SMILES string of the molecule is COc1ccc(C2SCCN2S(=O)(=O)c2cn(C)c(C)n2)cc1. The van der Waals surface area contributed by atoms with Crippen molar-refractivity contribution >= 4 is 21.8 Å². The van der Waals surface area contributed by atoms with E-state index in [4.69, 9.17) is 4.74 Å². The van der Waals surface area contributed by atoms with E-state index in [0.29, 0.717) is 12.4 Å². The summed E-state index contributed by atoms with van der Waals surface area (Å²) < 4.78 is 34.2. The third-order valence-electron chi connectivity index (χ3n) is 3.91. The molecule has 1 aromatic carbocycles. The minimum atomic E-state index is -3.60. The lowest BCUT2D eigenvalue weighted by Crippen LogP contribution is -2.30. The molecule has 0 amide bonds. The summed E-state index contributed by atoms with van der Waals surface area (Å²) in [4.78, 5) is 4.19. The van der Waals surface area contributed by atoms with E-state index < -0.39 is 10.0 Å². The van der Waals surface area contributed by atoms with E-state index in [1.165, 1.54) is 4.31 Å². The molecule has 0 saturated carbocycles. The molecule has 3 rings (SSSR count). The fourth-order valence-corrected chi connectivity index (χ4v) is 5.77. The minimum Gasteiger partial charge on any atom is -0.497 e. The second-order valence-electron chi connectivity index (χ2n) is 5.35. The third-order valence-corrected chi connectivity index (χ3v) is 7.04. The molecular formula is C15H19N3O3S2. The average molecular weight is 353 g/mol. The molecule has 1 unspecified atom stereocenters. The van der Waals surface area contributed by atoms with Gasteiger partial charge in [0.2, 0.25) is 0 Å². The van der Waals surface area contributed by atoms with Crippen molar-refractivity contribution in [3.05, 3.63) is 41.9 Å². The van der Waals surface area contributed by atoms with Gasteiger partial charge in [-0.3, -0.25) is 0 Å². The van der Waals surface area contributed by atoms with Crippen molar-refractivity contribution in [2.45, 2.75) is 17.3 Å². The molecule has 1 aromatic heterocycles. The Morgan fingerprint density at radius 3 is 2.57 bits per heavy atom. The van der Waals surface area contributed by atoms with E-state index >= 15 is 0 Å². The number of rotatable bonds is 4. The Balaban J connectivity index is 1.93. The first kappa shape index (κ1) is 16.4. The maximum absolute atomic E-state index is 12.9. The van der Waals surface area contributed by atoms with E-state index in [9.17, 15) is 8.42 Å². The highest BCUT2D eigenvalue weighted by Crippen LogP contribution is 2.41. The Labute approximate surface area is 140 Å². The maximum Gasteiger partial charge on any atom is 0.263 e. The van der Waals surface area contributed by atoms with Crippen LogP contribution in [-0.2, 0) is 17.1 Å². The summed E-state index contributed by atoms with van der Waals surface area (Å²) in [5, 5.41) is -0.119. The van der Waals surface area contributed by atoms with Crippen molar-refractivity contribution in [2.75, 3.05) is 19.4 Å². The first-order valence-electron chi connectivity index (χ1n) is 7.21. The van der Waals surface area contributed by atoms with Gasteiger partial charge in [0, 0.05) is 25.5 Å². The second-order valence-corrected chi connectivity index (χ2v) is 8.37. The average Bonchev–Trinajstić information content (AvgIpc) is 3.16. The van der Waals surface area contributed by atoms with Crippen molar-refractivity contribution in [3.63, 3.8) is 0 Å². The molecule has 0 bridgehead atoms. The molecule has 6 nitrogen and oxygen atoms in total. The zero-order valence-corrected chi connectivity index (χ0v) is 14.9. The van der Waals surface area contributed by atoms with Crippen molar-refractivity contribution < 1.29 is 13.2 Å². The number of thioether (sulfide) groups is 1. The highest BCUT2D eigenvalue weighted by atomic mass is 32.2. The number of methoxy groups -OCH3 is 1. The van der Waals surface area contributed by atoms with Gasteiger partial charge in [0.1, 0.15) is 11.6 Å². The minimum absolute atomic E-state index is 0.110. The molecule has 2 aromatic rings. The number of aromatic nitrogens is 2. The van der Waals surface area contributed by atoms with Gasteiger partial charge in [-0.15, -0.1) is 11.8 Å². The Hall–Kier alpha value is -1.51. The van der Waals surface area contributed by atoms with Crippen molar-refractivity contribution in [3.8, 4) is 5.75 Å². The van der Waals surface area contributed by atoms with E-state index in [2.05, 4.69) is 4.98 Å². The van der Waals surface area contributed by atoms with Crippen LogP contribution < -0.4 is 4.74 Å². The van der Waals surface area contributed by atoms with Gasteiger partial charge in [-0.2, -0.15) is 4.31 Å². The number of nitrogens with zero attached hydrogens (tertiary/aromatic N) is 3. The van der Waals surface area contributed by atoms with Crippen LogP contribution in [0.2, 0.25) is 0 Å². The second kappa shape index (κ2) is 6.18. The summed E-state index contributed by atoms with van der Waals surface area (Å²) in [6.07, 6.45) is 1.57. The molecular weight excluding hydrogens is 334 g/mol. The molecule has 1 aliphatic heterocycles. The van der Waals surface area contributed by atoms with Gasteiger partial charge in [0.15, 0.2) is 5.03 Å². The molecule has 124 valence electrons. The summed E-state index contributed by atoms with van der Waals surface area (Å²) in [6, 6.07) is 7.52. The molecule has 0 spiro atoms. The molecule has 0 radical (unpaired) electrons. The molecule has 1 fully saturated rings. The third kappa shape index (κ3) is 2.98. The van der Waals surface area contributed by atoms with Crippen molar-refractivity contribution in [1.82, 2.24) is 13.9 Å². The van der Waals surface area contributed by atoms with E-state index in [1.807, 2.05) is 24.3 Å². The monoisotopic (exact) mass is 353 g/mol. The van der Waals surface area contributed by atoms with Gasteiger partial charge in [-0.25, -0.2) is 13.4 Å². The fourth-order valence-electron chi connectivity index (χ4n) is 2.50. The lowest BCUT2D eigenvalue weighted by molar-refractivity contribution is 0.413. The summed E-state index contributed by atoms with van der Waals surface area (Å²) in [7, 11) is -0.201. The molecule has 23 heavy (non-hydrogen) atoms. The maximum atomic E-state index is 12.9. The Morgan fingerprint density at radius 2 is 2.00 bits per heavy atom. The molecule has 1 aliphatic rings. The number of benzene rings is 1. The molecule has 0 aliphatic carbocycles. The summed E-state index contributed by atoms with van der Waals surface area (Å²) in [5.41, 5.74) is 0.949. The predicted molar refractivity (Wildman–Crippen MR) is 90.0 cm³/mol. The number of aryl methyl sites for hydroxylation is 2. The van der Waals surface area contributed by atoms with Gasteiger partial charge in [-0.1, -0.05) is 12.1 Å². The van der Waals surface area contributed by atoms with E-state index in [-0.39, 0.29) is 10.4 Å². The summed E-state index contributed by atoms with van der Waals surface area (Å²) >= 11 is 1.62. The Kier molecular flexibility index (Phi) is 4.39. The van der Waals surface area contributed by atoms with Crippen LogP contribution in [0, 0.1) is 6.92 Å². The number of ether oxygens (including phenoxy) is 1. The van der Waals surface area contributed by atoms with Crippen LogP contribution >= 0.6 is 11.8 Å². The first-order chi connectivity index (χ1) is 10.9. The van der Waals surface area contributed by atoms with Gasteiger partial charge in [0.05, 0.1) is 12.5 Å². The van der Waals surface area contributed by atoms with Crippen LogP contribution in [-0.4, -0.2) is 41.7 Å². The smallest absolute Gasteiger partial charge is 0.263 e. The van der Waals surface area contributed by atoms with Crippen LogP contribution in [0.3, 0.4) is 0 Å². The van der Waals surface area contributed by atoms with Crippen LogP contribution in [0.4, 0.5) is 0 Å². The first-order valence-corrected chi connectivity index (χ1v) is 9.69. The van der Waals surface area contributed by atoms with Gasteiger partial charge >= 0.3 is 0 Å². The van der Waals surface area contributed by atoms with Gasteiger partial charge in [0.25, 0.3) is 10.0 Å². The lowest BCUT2D eigenvalue weighted by Gasteiger charge is -2.22. The van der Waals surface area contributed by atoms with Gasteiger partial charge < -0.3 is 9.30 Å². The van der Waals surface area contributed by atoms with Crippen LogP contribution in [0.25, 0.3) is 0 Å². The summed E-state index contributed by atoms with van der Waals surface area (Å²) in [6.45, 7) is 2.28. The Morgan fingerprint density at radius 1 is 1.30 bits per heavy atom. The van der Waals surface area contributed by atoms with Crippen LogP contribution in [0.5, 0.6) is 5.75 Å². The van der Waals surface area contributed by atoms with Crippen molar-refractivity contribution in [2.24, 2.45) is 7.05 Å². The molecule has 1 atom stereocenters. The van der Waals surface area contributed by atoms with E-state index in [0.717, 1.165) is 17.1 Å². The molecule has 2 heterocycles. The zero-order chi connectivity index (χ0) is 16.6. The topological polar surface area (TPSA) is 64.4 Å². The lowest BCUT2D eigenvalue weighted by atomic mass is 10.2. The van der Waals surface area contributed by atoms with Gasteiger partial charge in [-0.05, 0) is 24.6 Å². The zero-order valence-electron chi connectivity index (χ0n) is 13.3. The van der Waals surface area contributed by atoms with E-state index in [1.54, 1.807) is 43.6 Å². The fraction of sp³-hybridized carbons (Fsp3) is 0.400. The standard InChI is InChI=1S/C15H19N3O3S2/c1-11-16-14(10-17(11)2)23(19,20)18-8-9-22-15(18)12-4-6-13(21-3)7-5-12/h4-7,10,15H,8-9H2,1-3H3.